The van der Waals surface area contributed by atoms with Gasteiger partial charge in [-0.05, 0) is 56.3 Å². The first-order chi connectivity index (χ1) is 10.0. The van der Waals surface area contributed by atoms with Crippen molar-refractivity contribution < 1.29 is 9.47 Å². The highest BCUT2D eigenvalue weighted by Gasteiger charge is 2.45. The van der Waals surface area contributed by atoms with Gasteiger partial charge in [0.25, 0.3) is 0 Å². The van der Waals surface area contributed by atoms with Crippen molar-refractivity contribution in [3.63, 3.8) is 0 Å². The van der Waals surface area contributed by atoms with E-state index in [1.165, 1.54) is 24.8 Å². The van der Waals surface area contributed by atoms with E-state index < -0.39 is 0 Å². The Bertz CT molecular complexity index is 504. The number of rotatable bonds is 2. The summed E-state index contributed by atoms with van der Waals surface area (Å²) in [6, 6.07) is 6.53. The summed E-state index contributed by atoms with van der Waals surface area (Å²) in [4.78, 5) is 0. The zero-order chi connectivity index (χ0) is 15.0. The molecule has 3 rings (SSSR count). The highest BCUT2D eigenvalue weighted by molar-refractivity contribution is 5.44. The van der Waals surface area contributed by atoms with Crippen LogP contribution in [-0.4, -0.2) is 19.8 Å². The first-order valence-corrected chi connectivity index (χ1v) is 8.09. The molecule has 0 radical (unpaired) electrons. The van der Waals surface area contributed by atoms with Gasteiger partial charge in [0.1, 0.15) is 17.1 Å². The molecule has 1 saturated carbocycles. The van der Waals surface area contributed by atoms with Crippen LogP contribution in [-0.2, 0) is 0 Å². The Morgan fingerprint density at radius 1 is 1.19 bits per heavy atom. The molecule has 1 fully saturated rings. The van der Waals surface area contributed by atoms with E-state index in [1.54, 1.807) is 7.11 Å². The quantitative estimate of drug-likeness (QED) is 0.894. The van der Waals surface area contributed by atoms with Crippen LogP contribution in [0.2, 0.25) is 0 Å². The van der Waals surface area contributed by atoms with Gasteiger partial charge in [-0.2, -0.15) is 0 Å². The fraction of sp³-hybridized carbons (Fsp3) is 0.667. The van der Waals surface area contributed by atoms with Gasteiger partial charge in [-0.1, -0.05) is 13.8 Å². The molecule has 3 atom stereocenters. The van der Waals surface area contributed by atoms with Crippen LogP contribution >= 0.6 is 0 Å². The number of hydrogen-bond donors (Lipinski definition) is 1. The molecule has 1 heterocycles. The first kappa shape index (κ1) is 14.7. The molecule has 0 bridgehead atoms. The van der Waals surface area contributed by atoms with Crippen molar-refractivity contribution >= 4 is 0 Å². The van der Waals surface area contributed by atoms with Gasteiger partial charge in [-0.25, -0.2) is 0 Å². The third kappa shape index (κ3) is 2.76. The number of nitrogens with one attached hydrogen (secondary N) is 1. The van der Waals surface area contributed by atoms with E-state index in [0.29, 0.717) is 6.04 Å². The lowest BCUT2D eigenvalue weighted by Gasteiger charge is -2.48. The van der Waals surface area contributed by atoms with E-state index >= 15 is 0 Å². The van der Waals surface area contributed by atoms with Crippen LogP contribution in [0.15, 0.2) is 18.2 Å². The van der Waals surface area contributed by atoms with E-state index in [9.17, 15) is 0 Å². The van der Waals surface area contributed by atoms with Crippen LogP contribution in [0.5, 0.6) is 11.5 Å². The van der Waals surface area contributed by atoms with Gasteiger partial charge in [0.15, 0.2) is 0 Å². The minimum Gasteiger partial charge on any atom is -0.497 e. The number of hydrogen-bond acceptors (Lipinski definition) is 3. The second-order valence-electron chi connectivity index (χ2n) is 7.09. The van der Waals surface area contributed by atoms with E-state index in [4.69, 9.17) is 9.47 Å². The number of fused-ring (bicyclic) bond motifs is 1. The summed E-state index contributed by atoms with van der Waals surface area (Å²) in [5.74, 6) is 3.42. The summed E-state index contributed by atoms with van der Waals surface area (Å²) in [6.45, 7) is 4.72. The smallest absolute Gasteiger partial charge is 0.125 e. The molecular weight excluding hydrogens is 262 g/mol. The van der Waals surface area contributed by atoms with Gasteiger partial charge in [-0.15, -0.1) is 0 Å². The van der Waals surface area contributed by atoms with Crippen LogP contribution in [0.3, 0.4) is 0 Å². The van der Waals surface area contributed by atoms with Crippen molar-refractivity contribution in [1.29, 1.82) is 0 Å². The van der Waals surface area contributed by atoms with E-state index in [0.717, 1.165) is 29.8 Å². The molecule has 1 aromatic rings. The monoisotopic (exact) mass is 289 g/mol. The van der Waals surface area contributed by atoms with Gasteiger partial charge < -0.3 is 14.8 Å². The average Bonchev–Trinajstić information content (AvgIpc) is 2.44. The van der Waals surface area contributed by atoms with Crippen molar-refractivity contribution in [3.05, 3.63) is 23.8 Å². The van der Waals surface area contributed by atoms with Gasteiger partial charge >= 0.3 is 0 Å². The molecule has 3 heteroatoms. The fourth-order valence-electron chi connectivity index (χ4n) is 4.49. The summed E-state index contributed by atoms with van der Waals surface area (Å²) >= 11 is 0. The zero-order valence-electron chi connectivity index (χ0n) is 13.6. The predicted octanol–water partition coefficient (Wildman–Crippen LogP) is 3.93. The molecule has 1 aliphatic carbocycles. The van der Waals surface area contributed by atoms with Gasteiger partial charge in [0, 0.05) is 18.0 Å². The molecule has 1 aromatic carbocycles. The SMILES string of the molecule is CNC1CC2(CC(C)CC(C)C2)Oc2ccc(OC)cc21. The van der Waals surface area contributed by atoms with E-state index in [-0.39, 0.29) is 5.60 Å². The van der Waals surface area contributed by atoms with Crippen LogP contribution in [0.25, 0.3) is 0 Å². The Balaban J connectivity index is 1.95. The third-order valence-corrected chi connectivity index (χ3v) is 5.09. The molecule has 116 valence electrons. The first-order valence-electron chi connectivity index (χ1n) is 8.09. The van der Waals surface area contributed by atoms with Gasteiger partial charge in [0.05, 0.1) is 7.11 Å². The molecule has 21 heavy (non-hydrogen) atoms. The Hall–Kier alpha value is -1.22. The largest absolute Gasteiger partial charge is 0.497 e. The standard InChI is InChI=1S/C18H27NO2/c1-12-7-13(2)10-18(9-12)11-16(19-3)15-8-14(20-4)5-6-17(15)21-18/h5-6,8,12-13,16,19H,7,9-11H2,1-4H3. The summed E-state index contributed by atoms with van der Waals surface area (Å²) < 4.78 is 11.9. The second kappa shape index (κ2) is 5.53. The lowest BCUT2D eigenvalue weighted by atomic mass is 9.69. The molecule has 0 saturated heterocycles. The summed E-state index contributed by atoms with van der Waals surface area (Å²) in [7, 11) is 3.76. The molecule has 1 aliphatic heterocycles. The van der Waals surface area contributed by atoms with Crippen LogP contribution in [0.1, 0.15) is 51.1 Å². The fourth-order valence-corrected chi connectivity index (χ4v) is 4.49. The second-order valence-corrected chi connectivity index (χ2v) is 7.09. The maximum atomic E-state index is 6.54. The number of ether oxygens (including phenoxy) is 2. The Labute approximate surface area is 128 Å². The normalized spacial score (nSPS) is 35.1. The molecule has 1 N–H and O–H groups in total. The molecule has 2 aliphatic rings. The molecule has 0 amide bonds. The lowest BCUT2D eigenvalue weighted by Crippen LogP contribution is -2.48. The average molecular weight is 289 g/mol. The third-order valence-electron chi connectivity index (χ3n) is 5.09. The van der Waals surface area contributed by atoms with Gasteiger partial charge in [-0.3, -0.25) is 0 Å². The topological polar surface area (TPSA) is 30.5 Å². The molecular formula is C18H27NO2. The maximum Gasteiger partial charge on any atom is 0.125 e. The Morgan fingerprint density at radius 2 is 1.90 bits per heavy atom. The van der Waals surface area contributed by atoms with Crippen LogP contribution < -0.4 is 14.8 Å². The molecule has 3 unspecified atom stereocenters. The predicted molar refractivity (Wildman–Crippen MR) is 84.9 cm³/mol. The minimum atomic E-state index is 0.00630. The summed E-state index contributed by atoms with van der Waals surface area (Å²) in [6.07, 6.45) is 4.71. The molecule has 1 spiro atoms. The number of benzene rings is 1. The van der Waals surface area contributed by atoms with Crippen molar-refractivity contribution in [2.75, 3.05) is 14.2 Å². The maximum absolute atomic E-state index is 6.54. The van der Waals surface area contributed by atoms with Crippen LogP contribution in [0.4, 0.5) is 0 Å². The highest BCUT2D eigenvalue weighted by atomic mass is 16.5. The van der Waals surface area contributed by atoms with E-state index in [1.807, 2.05) is 13.1 Å². The molecule has 3 nitrogen and oxygen atoms in total. The van der Waals surface area contributed by atoms with Crippen LogP contribution in [0, 0.1) is 11.8 Å². The zero-order valence-corrected chi connectivity index (χ0v) is 13.6. The Morgan fingerprint density at radius 3 is 2.52 bits per heavy atom. The van der Waals surface area contributed by atoms with Crippen molar-refractivity contribution in [2.24, 2.45) is 11.8 Å². The summed E-state index contributed by atoms with van der Waals surface area (Å²) in [5, 5.41) is 3.48. The molecule has 0 aromatic heterocycles. The lowest BCUT2D eigenvalue weighted by molar-refractivity contribution is -0.0341. The van der Waals surface area contributed by atoms with Crippen molar-refractivity contribution in [3.8, 4) is 11.5 Å². The minimum absolute atomic E-state index is 0.00630. The Kier molecular flexibility index (Phi) is 3.87. The van der Waals surface area contributed by atoms with E-state index in [2.05, 4.69) is 31.3 Å². The number of methoxy groups -OCH3 is 1. The van der Waals surface area contributed by atoms with Gasteiger partial charge in [0.2, 0.25) is 0 Å². The highest BCUT2D eigenvalue weighted by Crippen LogP contribution is 2.49. The summed E-state index contributed by atoms with van der Waals surface area (Å²) in [5.41, 5.74) is 1.24. The van der Waals surface area contributed by atoms with Crippen molar-refractivity contribution in [1.82, 2.24) is 5.32 Å². The van der Waals surface area contributed by atoms with Crippen molar-refractivity contribution in [2.45, 2.75) is 51.2 Å².